The van der Waals surface area contributed by atoms with Crippen LogP contribution in [0.3, 0.4) is 0 Å². The summed E-state index contributed by atoms with van der Waals surface area (Å²) >= 11 is 0. The predicted octanol–water partition coefficient (Wildman–Crippen LogP) is 2.27. The molecule has 6 heteroatoms. The van der Waals surface area contributed by atoms with E-state index in [4.69, 9.17) is 4.74 Å². The molecule has 0 N–H and O–H groups in total. The molecule has 0 saturated carbocycles. The molecule has 1 rings (SSSR count). The summed E-state index contributed by atoms with van der Waals surface area (Å²) < 4.78 is 42.7. The van der Waals surface area contributed by atoms with Gasteiger partial charge in [0, 0.05) is 13.0 Å². The van der Waals surface area contributed by atoms with Crippen LogP contribution >= 0.6 is 0 Å². The van der Waals surface area contributed by atoms with Crippen LogP contribution in [0.4, 0.5) is 13.2 Å². The quantitative estimate of drug-likeness (QED) is 0.751. The van der Waals surface area contributed by atoms with Gasteiger partial charge in [0.05, 0.1) is 6.10 Å². The van der Waals surface area contributed by atoms with E-state index in [1.54, 1.807) is 13.8 Å². The molecule has 0 saturated heterocycles. The van der Waals surface area contributed by atoms with E-state index in [0.29, 0.717) is 4.57 Å². The number of aromatic nitrogens is 1. The van der Waals surface area contributed by atoms with Crippen molar-refractivity contribution in [2.75, 3.05) is 0 Å². The molecule has 94 valence electrons. The number of ether oxygens (including phenoxy) is 1. The second-order valence-corrected chi connectivity index (χ2v) is 3.85. The van der Waals surface area contributed by atoms with Crippen molar-refractivity contribution in [3.8, 4) is 5.75 Å². The Kier molecular flexibility index (Phi) is 3.75. The molecule has 0 fully saturated rings. The van der Waals surface area contributed by atoms with Crippen molar-refractivity contribution in [2.45, 2.75) is 33.1 Å². The molecular weight excluding hydrogens is 235 g/mol. The maximum Gasteiger partial charge on any atom is 0.521 e. The summed E-state index contributed by atoms with van der Waals surface area (Å²) in [5.74, 6) is -1.70. The van der Waals surface area contributed by atoms with E-state index in [2.05, 4.69) is 0 Å². The molecule has 0 aromatic carbocycles. The van der Waals surface area contributed by atoms with Gasteiger partial charge in [-0.15, -0.1) is 4.57 Å². The van der Waals surface area contributed by atoms with Crippen LogP contribution in [0, 0.1) is 6.92 Å². The molecule has 0 aliphatic carbocycles. The molecule has 1 heterocycles. The zero-order chi connectivity index (χ0) is 13.2. The third-order valence-corrected chi connectivity index (χ3v) is 1.96. The molecule has 3 nitrogen and oxygen atoms in total. The van der Waals surface area contributed by atoms with Crippen molar-refractivity contribution in [2.24, 2.45) is 0 Å². The summed E-state index contributed by atoms with van der Waals surface area (Å²) in [6.07, 6.45) is -4.02. The molecule has 0 amide bonds. The SMILES string of the molecule is Cc1ccc(OC(C)C)c[n+]1C(=O)C(F)(F)F. The number of halogens is 3. The van der Waals surface area contributed by atoms with E-state index >= 15 is 0 Å². The van der Waals surface area contributed by atoms with Gasteiger partial charge in [0.15, 0.2) is 11.4 Å². The van der Waals surface area contributed by atoms with E-state index in [0.717, 1.165) is 6.20 Å². The maximum absolute atomic E-state index is 12.3. The van der Waals surface area contributed by atoms with Gasteiger partial charge in [-0.05, 0) is 19.9 Å². The van der Waals surface area contributed by atoms with Crippen LogP contribution < -0.4 is 9.30 Å². The number of rotatable bonds is 2. The van der Waals surface area contributed by atoms with Gasteiger partial charge in [-0.25, -0.2) is 4.79 Å². The topological polar surface area (TPSA) is 30.2 Å². The van der Waals surface area contributed by atoms with Crippen molar-refractivity contribution < 1.29 is 27.3 Å². The zero-order valence-corrected chi connectivity index (χ0v) is 9.71. The van der Waals surface area contributed by atoms with E-state index in [9.17, 15) is 18.0 Å². The number of hydrogen-bond donors (Lipinski definition) is 0. The molecule has 0 radical (unpaired) electrons. The number of aryl methyl sites for hydroxylation is 1. The van der Waals surface area contributed by atoms with Crippen LogP contribution in [0.2, 0.25) is 0 Å². The minimum atomic E-state index is -4.90. The molecule has 0 aliphatic rings. The summed E-state index contributed by atoms with van der Waals surface area (Å²) in [6, 6.07) is 2.93. The van der Waals surface area contributed by atoms with Gasteiger partial charge in [-0.3, -0.25) is 0 Å². The molecule has 1 aromatic rings. The van der Waals surface area contributed by atoms with Crippen LogP contribution in [-0.4, -0.2) is 18.2 Å². The van der Waals surface area contributed by atoms with Crippen LogP contribution in [0.5, 0.6) is 5.75 Å². The van der Waals surface area contributed by atoms with Crippen LogP contribution in [0.1, 0.15) is 24.3 Å². The Morgan fingerprint density at radius 1 is 1.35 bits per heavy atom. The Balaban J connectivity index is 3.11. The first-order valence-corrected chi connectivity index (χ1v) is 5.02. The third kappa shape index (κ3) is 3.44. The van der Waals surface area contributed by atoms with E-state index in [1.807, 2.05) is 0 Å². The van der Waals surface area contributed by atoms with Crippen molar-refractivity contribution in [3.05, 3.63) is 24.0 Å². The van der Waals surface area contributed by atoms with E-state index in [1.165, 1.54) is 19.1 Å². The first kappa shape index (κ1) is 13.5. The summed E-state index contributed by atoms with van der Waals surface area (Å²) in [6.45, 7) is 4.91. The number of hydrogen-bond acceptors (Lipinski definition) is 2. The minimum Gasteiger partial charge on any atom is -0.485 e. The Bertz CT molecular complexity index is 427. The maximum atomic E-state index is 12.3. The van der Waals surface area contributed by atoms with Crippen molar-refractivity contribution in [3.63, 3.8) is 0 Å². The number of alkyl halides is 3. The molecular formula is C11H13F3NO2+. The molecule has 0 unspecified atom stereocenters. The second-order valence-electron chi connectivity index (χ2n) is 3.85. The molecule has 1 aromatic heterocycles. The van der Waals surface area contributed by atoms with Crippen LogP contribution in [-0.2, 0) is 0 Å². The molecule has 0 spiro atoms. The number of carbonyl (C=O) groups excluding carboxylic acids is 1. The standard InChI is InChI=1S/C11H13F3NO2/c1-7(2)17-9-5-4-8(3)15(6-9)10(16)11(12,13)14/h4-7H,1-3H3/q+1. The Morgan fingerprint density at radius 3 is 2.41 bits per heavy atom. The average Bonchev–Trinajstić information content (AvgIpc) is 2.18. The lowest BCUT2D eigenvalue weighted by Crippen LogP contribution is -2.52. The highest BCUT2D eigenvalue weighted by Crippen LogP contribution is 2.16. The van der Waals surface area contributed by atoms with Gasteiger partial charge < -0.3 is 4.74 Å². The number of carbonyl (C=O) groups is 1. The van der Waals surface area contributed by atoms with Crippen molar-refractivity contribution in [1.29, 1.82) is 0 Å². The van der Waals surface area contributed by atoms with Crippen molar-refractivity contribution in [1.82, 2.24) is 0 Å². The summed E-state index contributed by atoms with van der Waals surface area (Å²) in [5.41, 5.74) is 0.198. The number of pyridine rings is 1. The van der Waals surface area contributed by atoms with Gasteiger partial charge in [-0.1, -0.05) is 0 Å². The fraction of sp³-hybridized carbons (Fsp3) is 0.455. The van der Waals surface area contributed by atoms with E-state index in [-0.39, 0.29) is 17.5 Å². The molecule has 0 aliphatic heterocycles. The van der Waals surface area contributed by atoms with Gasteiger partial charge in [-0.2, -0.15) is 13.2 Å². The van der Waals surface area contributed by atoms with E-state index < -0.39 is 12.1 Å². The summed E-state index contributed by atoms with van der Waals surface area (Å²) in [5, 5.41) is 0. The highest BCUT2D eigenvalue weighted by atomic mass is 19.4. The average molecular weight is 248 g/mol. The Morgan fingerprint density at radius 2 is 1.94 bits per heavy atom. The highest BCUT2D eigenvalue weighted by Gasteiger charge is 2.48. The Hall–Kier alpha value is -1.59. The third-order valence-electron chi connectivity index (χ3n) is 1.96. The lowest BCUT2D eigenvalue weighted by molar-refractivity contribution is -0.593. The monoisotopic (exact) mass is 248 g/mol. The molecule has 0 bridgehead atoms. The lowest BCUT2D eigenvalue weighted by atomic mass is 10.3. The van der Waals surface area contributed by atoms with Crippen LogP contribution in [0.15, 0.2) is 18.3 Å². The lowest BCUT2D eigenvalue weighted by Gasteiger charge is -2.08. The smallest absolute Gasteiger partial charge is 0.485 e. The fourth-order valence-electron chi connectivity index (χ4n) is 1.25. The van der Waals surface area contributed by atoms with Crippen molar-refractivity contribution >= 4 is 5.91 Å². The second kappa shape index (κ2) is 4.73. The largest absolute Gasteiger partial charge is 0.521 e. The van der Waals surface area contributed by atoms with Gasteiger partial charge in [0.2, 0.25) is 6.20 Å². The van der Waals surface area contributed by atoms with Crippen LogP contribution in [0.25, 0.3) is 0 Å². The Labute approximate surface area is 96.8 Å². The predicted molar refractivity (Wildman–Crippen MR) is 53.8 cm³/mol. The van der Waals surface area contributed by atoms with Gasteiger partial charge in [0.1, 0.15) is 0 Å². The molecule has 17 heavy (non-hydrogen) atoms. The van der Waals surface area contributed by atoms with Gasteiger partial charge in [0.25, 0.3) is 0 Å². The summed E-state index contributed by atoms with van der Waals surface area (Å²) in [4.78, 5) is 11.1. The first-order valence-electron chi connectivity index (χ1n) is 5.02. The van der Waals surface area contributed by atoms with Gasteiger partial charge >= 0.3 is 12.1 Å². The minimum absolute atomic E-state index is 0.174. The normalized spacial score (nSPS) is 11.7. The highest BCUT2D eigenvalue weighted by molar-refractivity contribution is 5.73. The zero-order valence-electron chi connectivity index (χ0n) is 9.71. The number of nitrogens with zero attached hydrogens (tertiary/aromatic N) is 1. The molecule has 0 atom stereocenters. The fourth-order valence-corrected chi connectivity index (χ4v) is 1.25. The summed E-state index contributed by atoms with van der Waals surface area (Å²) in [7, 11) is 0. The first-order chi connectivity index (χ1) is 7.71.